The highest BCUT2D eigenvalue weighted by molar-refractivity contribution is 4.80. The SMILES string of the molecule is OCC(O)C(O)C(O)C(O)CO.OC[C@@H](O)[C@@H](O)[C@H](O)[C@@H](O)CO. The first-order chi connectivity index (χ1) is 11.1. The standard InChI is InChI=1S/2C6H14O6/c2*7-1-3(9)5(11)6(12)4(10)2-8/h2*3-12H,1-2H2/t3-,4+,5-,6-;/m1./s1. The van der Waals surface area contributed by atoms with E-state index in [-0.39, 0.29) is 0 Å². The number of aliphatic hydroxyl groups is 12. The molecule has 0 fully saturated rings. The van der Waals surface area contributed by atoms with E-state index in [0.29, 0.717) is 0 Å². The molecule has 4 unspecified atom stereocenters. The summed E-state index contributed by atoms with van der Waals surface area (Å²) < 4.78 is 0. The molecule has 0 heterocycles. The van der Waals surface area contributed by atoms with E-state index in [1.807, 2.05) is 0 Å². The lowest BCUT2D eigenvalue weighted by Gasteiger charge is -2.24. The van der Waals surface area contributed by atoms with Gasteiger partial charge in [0.2, 0.25) is 0 Å². The Morgan fingerprint density at radius 1 is 0.333 bits per heavy atom. The second-order valence-electron chi connectivity index (χ2n) is 4.96. The Morgan fingerprint density at radius 3 is 0.542 bits per heavy atom. The third-order valence-corrected chi connectivity index (χ3v) is 3.02. The molecule has 0 spiro atoms. The summed E-state index contributed by atoms with van der Waals surface area (Å²) >= 11 is 0. The van der Waals surface area contributed by atoms with Crippen molar-refractivity contribution in [3.05, 3.63) is 0 Å². The second-order valence-corrected chi connectivity index (χ2v) is 4.96. The molecule has 0 rings (SSSR count). The van der Waals surface area contributed by atoms with Gasteiger partial charge in [-0.1, -0.05) is 0 Å². The maximum absolute atomic E-state index is 8.96. The lowest BCUT2D eigenvalue weighted by Crippen LogP contribution is -2.46. The van der Waals surface area contributed by atoms with E-state index in [2.05, 4.69) is 0 Å². The Hall–Kier alpha value is -0.480. The summed E-state index contributed by atoms with van der Waals surface area (Å²) in [6.07, 6.45) is -12.8. The minimum atomic E-state index is -1.67. The Balaban J connectivity index is 0. The number of hydrogen-bond acceptors (Lipinski definition) is 12. The van der Waals surface area contributed by atoms with E-state index in [1.54, 1.807) is 0 Å². The minimum Gasteiger partial charge on any atom is -0.394 e. The quantitative estimate of drug-likeness (QED) is 0.173. The Labute approximate surface area is 137 Å². The average molecular weight is 364 g/mol. The normalized spacial score (nSPS) is 21.5. The molecule has 0 aliphatic carbocycles. The van der Waals surface area contributed by atoms with Gasteiger partial charge >= 0.3 is 0 Å². The first-order valence-corrected chi connectivity index (χ1v) is 6.96. The van der Waals surface area contributed by atoms with Crippen molar-refractivity contribution < 1.29 is 61.3 Å². The first-order valence-electron chi connectivity index (χ1n) is 6.96. The molecule has 0 radical (unpaired) electrons. The van der Waals surface area contributed by atoms with Crippen LogP contribution in [-0.4, -0.2) is 137 Å². The maximum atomic E-state index is 8.96. The van der Waals surface area contributed by atoms with Crippen LogP contribution in [0.15, 0.2) is 0 Å². The molecule has 0 aliphatic rings. The van der Waals surface area contributed by atoms with Crippen LogP contribution in [0.2, 0.25) is 0 Å². The molecule has 0 aromatic rings. The van der Waals surface area contributed by atoms with E-state index < -0.39 is 75.3 Å². The van der Waals surface area contributed by atoms with Gasteiger partial charge in [-0.15, -0.1) is 0 Å². The van der Waals surface area contributed by atoms with Gasteiger partial charge in [0.15, 0.2) is 0 Å². The van der Waals surface area contributed by atoms with E-state index >= 15 is 0 Å². The fourth-order valence-electron chi connectivity index (χ4n) is 1.34. The summed E-state index contributed by atoms with van der Waals surface area (Å²) in [4.78, 5) is 0. The maximum Gasteiger partial charge on any atom is 0.111 e. The zero-order valence-electron chi connectivity index (χ0n) is 12.8. The molecule has 148 valence electrons. The highest BCUT2D eigenvalue weighted by atomic mass is 16.4. The highest BCUT2D eigenvalue weighted by Gasteiger charge is 2.30. The van der Waals surface area contributed by atoms with Crippen molar-refractivity contribution in [1.82, 2.24) is 0 Å². The van der Waals surface area contributed by atoms with E-state index in [1.165, 1.54) is 0 Å². The monoisotopic (exact) mass is 364 g/mol. The van der Waals surface area contributed by atoms with Gasteiger partial charge in [-0.25, -0.2) is 0 Å². The van der Waals surface area contributed by atoms with Crippen LogP contribution in [0.4, 0.5) is 0 Å². The van der Waals surface area contributed by atoms with Crippen molar-refractivity contribution in [3.63, 3.8) is 0 Å². The lowest BCUT2D eigenvalue weighted by molar-refractivity contribution is -0.123. The molecule has 0 aliphatic heterocycles. The van der Waals surface area contributed by atoms with E-state index in [0.717, 1.165) is 0 Å². The summed E-state index contributed by atoms with van der Waals surface area (Å²) in [5.74, 6) is 0. The van der Waals surface area contributed by atoms with Crippen molar-refractivity contribution in [2.75, 3.05) is 26.4 Å². The molecule has 0 amide bonds. The molecule has 0 aromatic heterocycles. The number of aliphatic hydroxyl groups excluding tert-OH is 12. The van der Waals surface area contributed by atoms with Crippen molar-refractivity contribution >= 4 is 0 Å². The van der Waals surface area contributed by atoms with Gasteiger partial charge in [0, 0.05) is 0 Å². The van der Waals surface area contributed by atoms with Crippen molar-refractivity contribution in [2.24, 2.45) is 0 Å². The van der Waals surface area contributed by atoms with E-state index in [4.69, 9.17) is 61.3 Å². The third kappa shape index (κ3) is 9.12. The fraction of sp³-hybridized carbons (Fsp3) is 1.00. The van der Waals surface area contributed by atoms with Gasteiger partial charge in [0.1, 0.15) is 48.8 Å². The summed E-state index contributed by atoms with van der Waals surface area (Å²) in [6, 6.07) is 0. The van der Waals surface area contributed by atoms with Gasteiger partial charge < -0.3 is 61.3 Å². The van der Waals surface area contributed by atoms with Crippen LogP contribution < -0.4 is 0 Å². The van der Waals surface area contributed by atoms with Crippen LogP contribution in [0.25, 0.3) is 0 Å². The molecule has 0 saturated carbocycles. The zero-order valence-corrected chi connectivity index (χ0v) is 12.8. The Kier molecular flexibility index (Phi) is 14.8. The number of hydrogen-bond donors (Lipinski definition) is 12. The summed E-state index contributed by atoms with van der Waals surface area (Å²) in [7, 11) is 0. The molecule has 8 atom stereocenters. The predicted molar refractivity (Wildman–Crippen MR) is 76.4 cm³/mol. The van der Waals surface area contributed by atoms with Crippen LogP contribution >= 0.6 is 0 Å². The molecular weight excluding hydrogens is 336 g/mol. The molecule has 0 saturated heterocycles. The van der Waals surface area contributed by atoms with Gasteiger partial charge in [-0.05, 0) is 0 Å². The minimum absolute atomic E-state index is 0.726. The Morgan fingerprint density at radius 2 is 0.458 bits per heavy atom. The van der Waals surface area contributed by atoms with Gasteiger partial charge in [-0.3, -0.25) is 0 Å². The third-order valence-electron chi connectivity index (χ3n) is 3.02. The van der Waals surface area contributed by atoms with Gasteiger partial charge in [0.05, 0.1) is 26.4 Å². The molecule has 0 aromatic carbocycles. The topological polar surface area (TPSA) is 243 Å². The Bertz CT molecular complexity index is 237. The van der Waals surface area contributed by atoms with Gasteiger partial charge in [0.25, 0.3) is 0 Å². The van der Waals surface area contributed by atoms with Gasteiger partial charge in [-0.2, -0.15) is 0 Å². The van der Waals surface area contributed by atoms with Crippen molar-refractivity contribution in [1.29, 1.82) is 0 Å². The average Bonchev–Trinajstić information content (AvgIpc) is 2.62. The van der Waals surface area contributed by atoms with Crippen molar-refractivity contribution in [2.45, 2.75) is 48.8 Å². The summed E-state index contributed by atoms with van der Waals surface area (Å²) in [5, 5.41) is 104. The molecule has 12 nitrogen and oxygen atoms in total. The summed E-state index contributed by atoms with van der Waals surface area (Å²) in [5.41, 5.74) is 0. The molecule has 12 N–H and O–H groups in total. The molecular formula is C12H28O12. The van der Waals surface area contributed by atoms with Crippen LogP contribution in [0.1, 0.15) is 0 Å². The largest absolute Gasteiger partial charge is 0.394 e. The fourth-order valence-corrected chi connectivity index (χ4v) is 1.34. The molecule has 0 bridgehead atoms. The first kappa shape index (κ1) is 25.8. The van der Waals surface area contributed by atoms with Crippen LogP contribution in [0, 0.1) is 0 Å². The van der Waals surface area contributed by atoms with Crippen molar-refractivity contribution in [3.8, 4) is 0 Å². The van der Waals surface area contributed by atoms with Crippen LogP contribution in [-0.2, 0) is 0 Å². The lowest BCUT2D eigenvalue weighted by atomic mass is 10.0. The smallest absolute Gasteiger partial charge is 0.111 e. The molecule has 24 heavy (non-hydrogen) atoms. The predicted octanol–water partition coefficient (Wildman–Crippen LogP) is -7.17. The number of rotatable bonds is 10. The van der Waals surface area contributed by atoms with E-state index in [9.17, 15) is 0 Å². The molecule has 12 heteroatoms. The van der Waals surface area contributed by atoms with Crippen LogP contribution in [0.3, 0.4) is 0 Å². The second kappa shape index (κ2) is 13.8. The van der Waals surface area contributed by atoms with Crippen LogP contribution in [0.5, 0.6) is 0 Å². The summed E-state index contributed by atoms with van der Waals surface area (Å²) in [6.45, 7) is -2.90. The zero-order chi connectivity index (χ0) is 19.4. The highest BCUT2D eigenvalue weighted by Crippen LogP contribution is 2.04.